The van der Waals surface area contributed by atoms with E-state index in [1.165, 1.54) is 6.07 Å². The van der Waals surface area contributed by atoms with Gasteiger partial charge in [-0.25, -0.2) is 9.49 Å². The molecule has 0 radical (unpaired) electrons. The molecular weight excluding hydrogens is 235 g/mol. The van der Waals surface area contributed by atoms with Crippen LogP contribution in [0.5, 0.6) is 0 Å². The highest BCUT2D eigenvalue weighted by atomic mass is 19.1. The molecule has 1 aliphatic rings. The Kier molecular flexibility index (Phi) is 2.71. The predicted molar refractivity (Wildman–Crippen MR) is 67.4 cm³/mol. The molecule has 1 aliphatic heterocycles. The predicted octanol–water partition coefficient (Wildman–Crippen LogP) is 0.472. The number of benzene rings is 1. The van der Waals surface area contributed by atoms with Gasteiger partial charge in [0.2, 0.25) is 0 Å². The largest absolute Gasteiger partial charge is 0.367 e. The first-order valence-electron chi connectivity index (χ1n) is 5.88. The number of nitrogens with zero attached hydrogens (tertiary/aromatic N) is 2. The molecule has 0 unspecified atom stereocenters. The van der Waals surface area contributed by atoms with Crippen LogP contribution in [0, 0.1) is 5.82 Å². The number of hydrogen-bond donors (Lipinski definition) is 2. The highest BCUT2D eigenvalue weighted by molar-refractivity contribution is 5.84. The van der Waals surface area contributed by atoms with E-state index in [0.717, 1.165) is 26.2 Å². The molecule has 0 amide bonds. The van der Waals surface area contributed by atoms with Gasteiger partial charge in [-0.05, 0) is 12.1 Å². The average molecular weight is 248 g/mol. The van der Waals surface area contributed by atoms with Crippen LogP contribution in [-0.2, 0) is 0 Å². The number of H-pyrrole nitrogens is 1. The van der Waals surface area contributed by atoms with Crippen LogP contribution in [0.3, 0.4) is 0 Å². The lowest BCUT2D eigenvalue weighted by molar-refractivity contribution is 0.567. The first-order chi connectivity index (χ1) is 8.75. The van der Waals surface area contributed by atoms with Gasteiger partial charge in [0.25, 0.3) is 5.56 Å². The topological polar surface area (TPSA) is 61.0 Å². The fourth-order valence-corrected chi connectivity index (χ4v) is 2.25. The molecule has 5 nitrogen and oxygen atoms in total. The number of anilines is 1. The minimum Gasteiger partial charge on any atom is -0.367 e. The maximum Gasteiger partial charge on any atom is 0.272 e. The number of hydrogen-bond acceptors (Lipinski definition) is 4. The molecule has 2 aromatic rings. The maximum absolute atomic E-state index is 14.0. The third-order valence-corrected chi connectivity index (χ3v) is 3.19. The van der Waals surface area contributed by atoms with Crippen molar-refractivity contribution in [2.75, 3.05) is 31.1 Å². The van der Waals surface area contributed by atoms with Crippen molar-refractivity contribution >= 4 is 16.5 Å². The van der Waals surface area contributed by atoms with Crippen molar-refractivity contribution in [3.05, 3.63) is 34.5 Å². The van der Waals surface area contributed by atoms with E-state index in [1.54, 1.807) is 12.3 Å². The number of piperazine rings is 1. The average Bonchev–Trinajstić information content (AvgIpc) is 2.40. The second kappa shape index (κ2) is 4.38. The molecule has 6 heteroatoms. The van der Waals surface area contributed by atoms with Gasteiger partial charge in [0.05, 0.1) is 17.3 Å². The summed E-state index contributed by atoms with van der Waals surface area (Å²) in [6.45, 7) is 3.20. The van der Waals surface area contributed by atoms with Gasteiger partial charge in [-0.3, -0.25) is 4.79 Å². The minimum absolute atomic E-state index is 0.335. The number of nitrogens with one attached hydrogen (secondary N) is 2. The Labute approximate surface area is 103 Å². The Morgan fingerprint density at radius 3 is 2.83 bits per heavy atom. The van der Waals surface area contributed by atoms with Crippen LogP contribution < -0.4 is 15.8 Å². The van der Waals surface area contributed by atoms with Crippen LogP contribution in [0.25, 0.3) is 10.8 Å². The Morgan fingerprint density at radius 1 is 1.28 bits per heavy atom. The summed E-state index contributed by atoms with van der Waals surface area (Å²) in [6.07, 6.45) is 1.54. The van der Waals surface area contributed by atoms with Gasteiger partial charge < -0.3 is 10.2 Å². The zero-order valence-corrected chi connectivity index (χ0v) is 9.74. The normalized spacial score (nSPS) is 16.2. The molecule has 0 atom stereocenters. The van der Waals surface area contributed by atoms with Crippen molar-refractivity contribution < 1.29 is 4.39 Å². The fourth-order valence-electron chi connectivity index (χ4n) is 2.25. The molecular formula is C12H13FN4O. The van der Waals surface area contributed by atoms with E-state index in [0.29, 0.717) is 16.5 Å². The first-order valence-corrected chi connectivity index (χ1v) is 5.88. The molecule has 0 bridgehead atoms. The molecule has 0 aliphatic carbocycles. The lowest BCUT2D eigenvalue weighted by Gasteiger charge is -2.29. The highest BCUT2D eigenvalue weighted by Crippen LogP contribution is 2.24. The molecule has 18 heavy (non-hydrogen) atoms. The van der Waals surface area contributed by atoms with E-state index in [9.17, 15) is 9.18 Å². The molecule has 2 N–H and O–H groups in total. The summed E-state index contributed by atoms with van der Waals surface area (Å²) in [4.78, 5) is 13.5. The van der Waals surface area contributed by atoms with Crippen molar-refractivity contribution in [1.29, 1.82) is 0 Å². The summed E-state index contributed by atoms with van der Waals surface area (Å²) in [7, 11) is 0. The summed E-state index contributed by atoms with van der Waals surface area (Å²) in [5, 5.41) is 10.3. The van der Waals surface area contributed by atoms with Gasteiger partial charge in [0.15, 0.2) is 0 Å². The molecule has 94 valence electrons. The quantitative estimate of drug-likeness (QED) is 0.770. The standard InChI is InChI=1S/C12H13FN4O/c13-10-6-9-8(7-15-16-12(9)18)5-11(10)17-3-1-14-2-4-17/h5-7,14H,1-4H2,(H,16,18). The second-order valence-electron chi connectivity index (χ2n) is 4.33. The number of fused-ring (bicyclic) bond motifs is 1. The number of rotatable bonds is 1. The van der Waals surface area contributed by atoms with Crippen molar-refractivity contribution in [3.63, 3.8) is 0 Å². The van der Waals surface area contributed by atoms with Gasteiger partial charge >= 0.3 is 0 Å². The third-order valence-electron chi connectivity index (χ3n) is 3.19. The second-order valence-corrected chi connectivity index (χ2v) is 4.33. The summed E-state index contributed by atoms with van der Waals surface area (Å²) >= 11 is 0. The maximum atomic E-state index is 14.0. The monoisotopic (exact) mass is 248 g/mol. The lowest BCUT2D eigenvalue weighted by Crippen LogP contribution is -2.43. The van der Waals surface area contributed by atoms with E-state index >= 15 is 0 Å². The van der Waals surface area contributed by atoms with E-state index in [-0.39, 0.29) is 11.4 Å². The number of halogens is 1. The third kappa shape index (κ3) is 1.84. The van der Waals surface area contributed by atoms with E-state index < -0.39 is 0 Å². The van der Waals surface area contributed by atoms with Gasteiger partial charge in [-0.15, -0.1) is 0 Å². The van der Waals surface area contributed by atoms with Crippen molar-refractivity contribution in [2.24, 2.45) is 0 Å². The number of aromatic amines is 1. The van der Waals surface area contributed by atoms with Crippen LogP contribution in [0.15, 0.2) is 23.1 Å². The number of aromatic nitrogens is 2. The Hall–Kier alpha value is -1.95. The van der Waals surface area contributed by atoms with E-state index in [4.69, 9.17) is 0 Å². The zero-order valence-electron chi connectivity index (χ0n) is 9.74. The van der Waals surface area contributed by atoms with Crippen LogP contribution in [0.2, 0.25) is 0 Å². The Bertz CT molecular complexity index is 634. The SMILES string of the molecule is O=c1[nH]ncc2cc(N3CCNCC3)c(F)cc12. The van der Waals surface area contributed by atoms with Crippen LogP contribution in [0.4, 0.5) is 10.1 Å². The van der Waals surface area contributed by atoms with Crippen LogP contribution in [-0.4, -0.2) is 36.4 Å². The van der Waals surface area contributed by atoms with Gasteiger partial charge in [-0.1, -0.05) is 0 Å². The molecule has 0 saturated carbocycles. The fraction of sp³-hybridized carbons (Fsp3) is 0.333. The molecule has 1 saturated heterocycles. The van der Waals surface area contributed by atoms with Crippen LogP contribution >= 0.6 is 0 Å². The first kappa shape index (κ1) is 11.2. The van der Waals surface area contributed by atoms with E-state index in [1.807, 2.05) is 4.90 Å². The zero-order chi connectivity index (χ0) is 12.5. The molecule has 1 fully saturated rings. The van der Waals surface area contributed by atoms with Crippen molar-refractivity contribution in [3.8, 4) is 0 Å². The molecule has 3 rings (SSSR count). The van der Waals surface area contributed by atoms with Crippen LogP contribution in [0.1, 0.15) is 0 Å². The summed E-state index contributed by atoms with van der Waals surface area (Å²) < 4.78 is 14.0. The molecule has 1 aromatic carbocycles. The van der Waals surface area contributed by atoms with Crippen molar-refractivity contribution in [2.45, 2.75) is 0 Å². The molecule has 2 heterocycles. The summed E-state index contributed by atoms with van der Waals surface area (Å²) in [6, 6.07) is 2.98. The smallest absolute Gasteiger partial charge is 0.272 e. The minimum atomic E-state index is -0.363. The van der Waals surface area contributed by atoms with E-state index in [2.05, 4.69) is 15.5 Å². The molecule has 1 aromatic heterocycles. The van der Waals surface area contributed by atoms with Gasteiger partial charge in [0.1, 0.15) is 5.82 Å². The lowest BCUT2D eigenvalue weighted by atomic mass is 10.1. The summed E-state index contributed by atoms with van der Waals surface area (Å²) in [5.74, 6) is -0.360. The van der Waals surface area contributed by atoms with Gasteiger partial charge in [0, 0.05) is 31.6 Å². The molecule has 0 spiro atoms. The van der Waals surface area contributed by atoms with Crippen molar-refractivity contribution in [1.82, 2.24) is 15.5 Å². The Balaban J connectivity index is 2.12. The summed E-state index contributed by atoms with van der Waals surface area (Å²) in [5.41, 5.74) is 0.176. The van der Waals surface area contributed by atoms with Gasteiger partial charge in [-0.2, -0.15) is 5.10 Å². The Morgan fingerprint density at radius 2 is 2.06 bits per heavy atom. The highest BCUT2D eigenvalue weighted by Gasteiger charge is 2.16.